The summed E-state index contributed by atoms with van der Waals surface area (Å²) < 4.78 is 0. The van der Waals surface area contributed by atoms with Crippen LogP contribution in [0.25, 0.3) is 0 Å². The van der Waals surface area contributed by atoms with E-state index in [1.807, 2.05) is 0 Å². The molecule has 1 aliphatic heterocycles. The lowest BCUT2D eigenvalue weighted by atomic mass is 10.0. The fourth-order valence-electron chi connectivity index (χ4n) is 1.57. The van der Waals surface area contributed by atoms with Crippen molar-refractivity contribution < 1.29 is 0 Å². The van der Waals surface area contributed by atoms with Crippen molar-refractivity contribution in [2.75, 3.05) is 6.54 Å². The van der Waals surface area contributed by atoms with Gasteiger partial charge in [-0.2, -0.15) is 0 Å². The predicted molar refractivity (Wildman–Crippen MR) is 47.4 cm³/mol. The molecule has 2 rings (SSSR count). The molecule has 0 fully saturated rings. The molecular weight excluding hydrogens is 134 g/mol. The zero-order chi connectivity index (χ0) is 7.52. The van der Waals surface area contributed by atoms with Gasteiger partial charge in [-0.1, -0.05) is 30.4 Å². The maximum atomic E-state index is 3.48. The summed E-state index contributed by atoms with van der Waals surface area (Å²) in [6.07, 6.45) is 13.5. The van der Waals surface area contributed by atoms with E-state index in [0.717, 1.165) is 6.54 Å². The SMILES string of the molecule is C1=CC2=CCCCNC2C=C1. The van der Waals surface area contributed by atoms with Gasteiger partial charge in [-0.15, -0.1) is 0 Å². The summed E-state index contributed by atoms with van der Waals surface area (Å²) in [5, 5.41) is 3.48. The highest BCUT2D eigenvalue weighted by atomic mass is 14.9. The Morgan fingerprint density at radius 1 is 1.36 bits per heavy atom. The van der Waals surface area contributed by atoms with Gasteiger partial charge in [0.2, 0.25) is 0 Å². The first-order valence-electron chi connectivity index (χ1n) is 4.25. The molecule has 11 heavy (non-hydrogen) atoms. The van der Waals surface area contributed by atoms with E-state index in [-0.39, 0.29) is 0 Å². The summed E-state index contributed by atoms with van der Waals surface area (Å²) >= 11 is 0. The number of hydrogen-bond donors (Lipinski definition) is 1. The summed E-state index contributed by atoms with van der Waals surface area (Å²) in [6, 6.07) is 0.488. The van der Waals surface area contributed by atoms with E-state index in [1.165, 1.54) is 18.4 Å². The molecule has 1 heterocycles. The van der Waals surface area contributed by atoms with Gasteiger partial charge in [0.1, 0.15) is 0 Å². The lowest BCUT2D eigenvalue weighted by Gasteiger charge is -2.15. The van der Waals surface area contributed by atoms with Gasteiger partial charge in [0.25, 0.3) is 0 Å². The fourth-order valence-corrected chi connectivity index (χ4v) is 1.57. The van der Waals surface area contributed by atoms with Gasteiger partial charge in [0, 0.05) is 0 Å². The zero-order valence-corrected chi connectivity index (χ0v) is 6.59. The second-order valence-electron chi connectivity index (χ2n) is 3.02. The molecule has 1 atom stereocenters. The number of allylic oxidation sites excluding steroid dienone is 3. The van der Waals surface area contributed by atoms with Crippen molar-refractivity contribution >= 4 is 0 Å². The summed E-state index contributed by atoms with van der Waals surface area (Å²) in [7, 11) is 0. The van der Waals surface area contributed by atoms with E-state index in [9.17, 15) is 0 Å². The molecule has 0 aromatic heterocycles. The van der Waals surface area contributed by atoms with Crippen LogP contribution in [0.3, 0.4) is 0 Å². The lowest BCUT2D eigenvalue weighted by Crippen LogP contribution is -2.28. The van der Waals surface area contributed by atoms with Crippen LogP contribution in [0.2, 0.25) is 0 Å². The van der Waals surface area contributed by atoms with Crippen molar-refractivity contribution in [3.8, 4) is 0 Å². The van der Waals surface area contributed by atoms with Crippen molar-refractivity contribution in [3.05, 3.63) is 36.0 Å². The minimum atomic E-state index is 0.488. The van der Waals surface area contributed by atoms with Crippen LogP contribution in [-0.2, 0) is 0 Å². The van der Waals surface area contributed by atoms with Crippen LogP contribution in [0.15, 0.2) is 36.0 Å². The molecule has 0 aromatic carbocycles. The van der Waals surface area contributed by atoms with Crippen LogP contribution in [0.5, 0.6) is 0 Å². The first kappa shape index (κ1) is 6.86. The van der Waals surface area contributed by atoms with Crippen LogP contribution < -0.4 is 5.32 Å². The van der Waals surface area contributed by atoms with Gasteiger partial charge in [-0.05, 0) is 25.0 Å². The van der Waals surface area contributed by atoms with Gasteiger partial charge < -0.3 is 5.32 Å². The molecule has 0 bridgehead atoms. The Balaban J connectivity index is 2.21. The van der Waals surface area contributed by atoms with Gasteiger partial charge in [-0.25, -0.2) is 0 Å². The molecule has 0 amide bonds. The molecule has 1 aliphatic carbocycles. The monoisotopic (exact) mass is 147 g/mol. The van der Waals surface area contributed by atoms with E-state index in [2.05, 4.69) is 35.7 Å². The van der Waals surface area contributed by atoms with Crippen molar-refractivity contribution in [1.29, 1.82) is 0 Å². The third-order valence-electron chi connectivity index (χ3n) is 2.19. The van der Waals surface area contributed by atoms with E-state index in [0.29, 0.717) is 6.04 Å². The largest absolute Gasteiger partial charge is 0.307 e. The van der Waals surface area contributed by atoms with Crippen molar-refractivity contribution in [3.63, 3.8) is 0 Å². The maximum Gasteiger partial charge on any atom is 0.0506 e. The standard InChI is InChI=1S/C10H13N/c1-2-7-10-9(5-1)6-3-4-8-11-10/h1-2,5-7,10-11H,3-4,8H2. The Kier molecular flexibility index (Phi) is 1.91. The normalized spacial score (nSPS) is 29.1. The third kappa shape index (κ3) is 1.43. The van der Waals surface area contributed by atoms with E-state index in [1.54, 1.807) is 0 Å². The van der Waals surface area contributed by atoms with Crippen molar-refractivity contribution in [2.45, 2.75) is 18.9 Å². The van der Waals surface area contributed by atoms with Crippen LogP contribution in [-0.4, -0.2) is 12.6 Å². The molecule has 0 spiro atoms. The Bertz CT molecular complexity index is 223. The maximum absolute atomic E-state index is 3.48. The van der Waals surface area contributed by atoms with Gasteiger partial charge in [0.15, 0.2) is 0 Å². The summed E-state index contributed by atoms with van der Waals surface area (Å²) in [5.74, 6) is 0. The first-order valence-corrected chi connectivity index (χ1v) is 4.25. The van der Waals surface area contributed by atoms with Crippen LogP contribution in [0.1, 0.15) is 12.8 Å². The average molecular weight is 147 g/mol. The highest BCUT2D eigenvalue weighted by Gasteiger charge is 2.11. The Morgan fingerprint density at radius 3 is 3.36 bits per heavy atom. The molecule has 0 saturated heterocycles. The second-order valence-corrected chi connectivity index (χ2v) is 3.02. The van der Waals surface area contributed by atoms with Crippen molar-refractivity contribution in [1.82, 2.24) is 5.32 Å². The van der Waals surface area contributed by atoms with Crippen molar-refractivity contribution in [2.24, 2.45) is 0 Å². The lowest BCUT2D eigenvalue weighted by molar-refractivity contribution is 0.651. The van der Waals surface area contributed by atoms with Gasteiger partial charge in [0.05, 0.1) is 6.04 Å². The van der Waals surface area contributed by atoms with Crippen LogP contribution in [0, 0.1) is 0 Å². The Morgan fingerprint density at radius 2 is 2.36 bits per heavy atom. The molecule has 1 heteroatoms. The van der Waals surface area contributed by atoms with E-state index >= 15 is 0 Å². The zero-order valence-electron chi connectivity index (χ0n) is 6.59. The molecule has 1 nitrogen and oxygen atoms in total. The molecule has 0 radical (unpaired) electrons. The smallest absolute Gasteiger partial charge is 0.0506 e. The van der Waals surface area contributed by atoms with E-state index in [4.69, 9.17) is 0 Å². The predicted octanol–water partition coefficient (Wildman–Crippen LogP) is 1.79. The van der Waals surface area contributed by atoms with Crippen LogP contribution in [0.4, 0.5) is 0 Å². The van der Waals surface area contributed by atoms with Gasteiger partial charge >= 0.3 is 0 Å². The number of hydrogen-bond acceptors (Lipinski definition) is 1. The quantitative estimate of drug-likeness (QED) is 0.551. The topological polar surface area (TPSA) is 12.0 Å². The number of rotatable bonds is 0. The minimum absolute atomic E-state index is 0.488. The number of nitrogens with one attached hydrogen (secondary N) is 1. The Labute approximate surface area is 67.5 Å². The Hall–Kier alpha value is -0.820. The summed E-state index contributed by atoms with van der Waals surface area (Å²) in [4.78, 5) is 0. The van der Waals surface area contributed by atoms with E-state index < -0.39 is 0 Å². The summed E-state index contributed by atoms with van der Waals surface area (Å²) in [6.45, 7) is 1.14. The molecular formula is C10H13N. The average Bonchev–Trinajstić information content (AvgIpc) is 2.28. The number of fused-ring (bicyclic) bond motifs is 1. The van der Waals surface area contributed by atoms with Crippen LogP contribution >= 0.6 is 0 Å². The van der Waals surface area contributed by atoms with Gasteiger partial charge in [-0.3, -0.25) is 0 Å². The molecule has 2 aliphatic rings. The molecule has 0 aromatic rings. The highest BCUT2D eigenvalue weighted by molar-refractivity contribution is 5.36. The molecule has 0 saturated carbocycles. The molecule has 1 N–H and O–H groups in total. The first-order chi connectivity index (χ1) is 5.47. The minimum Gasteiger partial charge on any atom is -0.307 e. The highest BCUT2D eigenvalue weighted by Crippen LogP contribution is 2.15. The molecule has 58 valence electrons. The fraction of sp³-hybridized carbons (Fsp3) is 0.400. The molecule has 1 unspecified atom stereocenters. The second kappa shape index (κ2) is 3.05. The summed E-state index contributed by atoms with van der Waals surface area (Å²) in [5.41, 5.74) is 1.44. The third-order valence-corrected chi connectivity index (χ3v) is 2.19.